The van der Waals surface area contributed by atoms with Crippen molar-refractivity contribution in [3.8, 4) is 0 Å². The lowest BCUT2D eigenvalue weighted by Crippen LogP contribution is -2.19. The third-order valence-electron chi connectivity index (χ3n) is 3.01. The van der Waals surface area contributed by atoms with Gasteiger partial charge in [-0.3, -0.25) is 9.78 Å². The summed E-state index contributed by atoms with van der Waals surface area (Å²) < 4.78 is 5.18. The second-order valence-electron chi connectivity index (χ2n) is 4.29. The molecule has 1 aliphatic rings. The molecular formula is C13H11N3O3. The summed E-state index contributed by atoms with van der Waals surface area (Å²) in [6.45, 7) is 0. The summed E-state index contributed by atoms with van der Waals surface area (Å²) in [6, 6.07) is 1.68. The molecule has 6 nitrogen and oxygen atoms in total. The van der Waals surface area contributed by atoms with Gasteiger partial charge in [0.15, 0.2) is 0 Å². The topological polar surface area (TPSA) is 85.1 Å². The van der Waals surface area contributed by atoms with Crippen LogP contribution in [0.25, 0.3) is 0 Å². The van der Waals surface area contributed by atoms with Gasteiger partial charge in [0.25, 0.3) is 5.91 Å². The number of fused-ring (bicyclic) bond motifs is 1. The van der Waals surface area contributed by atoms with E-state index in [1.807, 2.05) is 0 Å². The Morgan fingerprint density at radius 2 is 2.21 bits per heavy atom. The number of amides is 1. The lowest BCUT2D eigenvalue weighted by molar-refractivity contribution is 0.102. The largest absolute Gasteiger partial charge is 0.426 e. The van der Waals surface area contributed by atoms with Crippen molar-refractivity contribution in [2.24, 2.45) is 0 Å². The van der Waals surface area contributed by atoms with Crippen LogP contribution in [-0.4, -0.2) is 15.9 Å². The highest BCUT2D eigenvalue weighted by Gasteiger charge is 2.18. The average molecular weight is 257 g/mol. The molecule has 0 aliphatic heterocycles. The Kier molecular flexibility index (Phi) is 2.83. The zero-order chi connectivity index (χ0) is 13.2. The number of hydrogen-bond acceptors (Lipinski definition) is 5. The van der Waals surface area contributed by atoms with Crippen LogP contribution in [0.15, 0.2) is 33.9 Å². The van der Waals surface area contributed by atoms with Crippen LogP contribution >= 0.6 is 0 Å². The van der Waals surface area contributed by atoms with E-state index >= 15 is 0 Å². The van der Waals surface area contributed by atoms with Crippen LogP contribution in [0.1, 0.15) is 28.2 Å². The van der Waals surface area contributed by atoms with Gasteiger partial charge in [0.2, 0.25) is 0 Å². The van der Waals surface area contributed by atoms with E-state index in [0.29, 0.717) is 0 Å². The zero-order valence-corrected chi connectivity index (χ0v) is 10.0. The number of aryl methyl sites for hydroxylation is 2. The first-order valence-electron chi connectivity index (χ1n) is 5.97. The fraction of sp³-hybridized carbons (Fsp3) is 0.231. The molecule has 0 bridgehead atoms. The molecule has 2 aromatic heterocycles. The van der Waals surface area contributed by atoms with Gasteiger partial charge in [0.05, 0.1) is 6.20 Å². The van der Waals surface area contributed by atoms with Crippen LogP contribution in [0.2, 0.25) is 0 Å². The minimum absolute atomic E-state index is 0.149. The highest BCUT2D eigenvalue weighted by molar-refractivity contribution is 6.02. The molecule has 0 atom stereocenters. The molecular weight excluding hydrogens is 246 g/mol. The summed E-state index contributed by atoms with van der Waals surface area (Å²) >= 11 is 0. The summed E-state index contributed by atoms with van der Waals surface area (Å²) in [4.78, 5) is 31.3. The van der Waals surface area contributed by atoms with Gasteiger partial charge in [0, 0.05) is 18.8 Å². The van der Waals surface area contributed by atoms with E-state index in [1.165, 1.54) is 18.6 Å². The summed E-state index contributed by atoms with van der Waals surface area (Å²) in [5.41, 5.74) is 0.755. The molecule has 1 amide bonds. The maximum Gasteiger partial charge on any atom is 0.359 e. The van der Waals surface area contributed by atoms with E-state index < -0.39 is 11.5 Å². The molecule has 1 N–H and O–H groups in total. The molecule has 0 spiro atoms. The number of anilines is 1. The van der Waals surface area contributed by atoms with Crippen LogP contribution in [0, 0.1) is 0 Å². The normalized spacial score (nSPS) is 13.1. The van der Waals surface area contributed by atoms with Gasteiger partial charge in [-0.25, -0.2) is 9.78 Å². The summed E-state index contributed by atoms with van der Waals surface area (Å²) in [5, 5.41) is 2.51. The van der Waals surface area contributed by atoms with Crippen LogP contribution in [0.3, 0.4) is 0 Å². The fourth-order valence-corrected chi connectivity index (χ4v) is 2.10. The third-order valence-corrected chi connectivity index (χ3v) is 3.01. The quantitative estimate of drug-likeness (QED) is 0.872. The minimum Gasteiger partial charge on any atom is -0.426 e. The monoisotopic (exact) mass is 257 g/mol. The van der Waals surface area contributed by atoms with Crippen molar-refractivity contribution >= 4 is 11.6 Å². The third kappa shape index (κ3) is 2.24. The van der Waals surface area contributed by atoms with Gasteiger partial charge >= 0.3 is 5.63 Å². The summed E-state index contributed by atoms with van der Waals surface area (Å²) in [6.07, 6.45) is 6.85. The fourth-order valence-electron chi connectivity index (χ4n) is 2.10. The number of aromatic nitrogens is 2. The number of carbonyl (C=O) groups excluding carboxylic acids is 1. The molecule has 96 valence electrons. The SMILES string of the molecule is O=C(Nc1cc2c(oc1=O)CCC2)c1cnccn1. The smallest absolute Gasteiger partial charge is 0.359 e. The van der Waals surface area contributed by atoms with Crippen molar-refractivity contribution in [1.29, 1.82) is 0 Å². The van der Waals surface area contributed by atoms with Crippen LogP contribution in [0.4, 0.5) is 5.69 Å². The van der Waals surface area contributed by atoms with E-state index in [4.69, 9.17) is 4.42 Å². The molecule has 0 unspecified atom stereocenters. The molecule has 0 fully saturated rings. The Balaban J connectivity index is 1.88. The van der Waals surface area contributed by atoms with E-state index in [-0.39, 0.29) is 11.4 Å². The molecule has 2 aromatic rings. The number of nitrogens with one attached hydrogen (secondary N) is 1. The molecule has 19 heavy (non-hydrogen) atoms. The summed E-state index contributed by atoms with van der Waals surface area (Å²) in [5.74, 6) is 0.251. The van der Waals surface area contributed by atoms with Crippen molar-refractivity contribution in [2.75, 3.05) is 5.32 Å². The minimum atomic E-state index is -0.530. The van der Waals surface area contributed by atoms with Crippen molar-refractivity contribution in [3.05, 3.63) is 52.1 Å². The molecule has 1 aliphatic carbocycles. The molecule has 0 aromatic carbocycles. The van der Waals surface area contributed by atoms with Gasteiger partial charge in [0.1, 0.15) is 17.1 Å². The summed E-state index contributed by atoms with van der Waals surface area (Å²) in [7, 11) is 0. The first-order chi connectivity index (χ1) is 9.24. The van der Waals surface area contributed by atoms with Crippen LogP contribution in [-0.2, 0) is 12.8 Å². The molecule has 3 rings (SSSR count). The second kappa shape index (κ2) is 4.64. The molecule has 6 heteroatoms. The van der Waals surface area contributed by atoms with E-state index in [9.17, 15) is 9.59 Å². The maximum atomic E-state index is 11.9. The van der Waals surface area contributed by atoms with E-state index in [2.05, 4.69) is 15.3 Å². The average Bonchev–Trinajstić information content (AvgIpc) is 2.87. The molecule has 0 saturated carbocycles. The second-order valence-corrected chi connectivity index (χ2v) is 4.29. The van der Waals surface area contributed by atoms with Gasteiger partial charge in [-0.15, -0.1) is 0 Å². The van der Waals surface area contributed by atoms with Crippen molar-refractivity contribution in [1.82, 2.24) is 9.97 Å². The standard InChI is InChI=1S/C13H11N3O3/c17-12(10-7-14-4-5-15-10)16-9-6-8-2-1-3-11(8)19-13(9)18/h4-7H,1-3H2,(H,16,17). The molecule has 0 saturated heterocycles. The maximum absolute atomic E-state index is 11.9. The van der Waals surface area contributed by atoms with Crippen LogP contribution < -0.4 is 10.9 Å². The highest BCUT2D eigenvalue weighted by atomic mass is 16.4. The lowest BCUT2D eigenvalue weighted by Gasteiger charge is -2.04. The van der Waals surface area contributed by atoms with Gasteiger partial charge in [-0.05, 0) is 24.5 Å². The Morgan fingerprint density at radius 1 is 1.32 bits per heavy atom. The molecule has 0 radical (unpaired) electrons. The van der Waals surface area contributed by atoms with Gasteiger partial charge in [-0.2, -0.15) is 0 Å². The Bertz CT molecular complexity index is 679. The number of nitrogens with zero attached hydrogens (tertiary/aromatic N) is 2. The molecule has 2 heterocycles. The first kappa shape index (κ1) is 11.6. The number of carbonyl (C=O) groups is 1. The highest BCUT2D eigenvalue weighted by Crippen LogP contribution is 2.22. The predicted molar refractivity (Wildman–Crippen MR) is 67.0 cm³/mol. The Morgan fingerprint density at radius 3 is 3.00 bits per heavy atom. The van der Waals surface area contributed by atoms with Crippen molar-refractivity contribution in [3.63, 3.8) is 0 Å². The Labute approximate surface area is 108 Å². The Hall–Kier alpha value is -2.50. The number of hydrogen-bond donors (Lipinski definition) is 1. The van der Waals surface area contributed by atoms with Crippen LogP contribution in [0.5, 0.6) is 0 Å². The zero-order valence-electron chi connectivity index (χ0n) is 10.0. The van der Waals surface area contributed by atoms with E-state index in [0.717, 1.165) is 30.6 Å². The first-order valence-corrected chi connectivity index (χ1v) is 5.97. The van der Waals surface area contributed by atoms with Crippen molar-refractivity contribution < 1.29 is 9.21 Å². The van der Waals surface area contributed by atoms with Crippen molar-refractivity contribution in [2.45, 2.75) is 19.3 Å². The number of rotatable bonds is 2. The van der Waals surface area contributed by atoms with E-state index in [1.54, 1.807) is 6.07 Å². The lowest BCUT2D eigenvalue weighted by atomic mass is 10.2. The predicted octanol–water partition coefficient (Wildman–Crippen LogP) is 1.17. The van der Waals surface area contributed by atoms with Gasteiger partial charge in [-0.1, -0.05) is 0 Å². The van der Waals surface area contributed by atoms with Gasteiger partial charge < -0.3 is 9.73 Å².